The number of carbonyl (C=O) groups is 1. The lowest BCUT2D eigenvalue weighted by molar-refractivity contribution is 0.0686. The second-order valence-corrected chi connectivity index (χ2v) is 2.74. The molecule has 0 saturated carbocycles. The fourth-order valence-corrected chi connectivity index (χ4v) is 1.04. The maximum absolute atomic E-state index is 12.8. The molecule has 0 radical (unpaired) electrons. The summed E-state index contributed by atoms with van der Waals surface area (Å²) in [7, 11) is 0. The summed E-state index contributed by atoms with van der Waals surface area (Å²) >= 11 is 0. The van der Waals surface area contributed by atoms with Crippen LogP contribution in [-0.4, -0.2) is 21.2 Å². The van der Waals surface area contributed by atoms with Crippen LogP contribution in [0.2, 0.25) is 0 Å². The number of aromatic nitrogens is 2. The molecular weight excluding hydrogens is 203 g/mol. The SMILES string of the molecule is O=C(O)c1cc(-c2cc(F)ccn2)on1. The van der Waals surface area contributed by atoms with Crippen molar-refractivity contribution in [2.45, 2.75) is 0 Å². The van der Waals surface area contributed by atoms with Gasteiger partial charge in [-0.1, -0.05) is 5.16 Å². The first-order valence-corrected chi connectivity index (χ1v) is 3.99. The fraction of sp³-hybridized carbons (Fsp3) is 0. The Morgan fingerprint density at radius 2 is 2.27 bits per heavy atom. The van der Waals surface area contributed by atoms with Crippen molar-refractivity contribution in [3.63, 3.8) is 0 Å². The Kier molecular flexibility index (Phi) is 2.17. The molecule has 1 N–H and O–H groups in total. The molecule has 0 fully saturated rings. The summed E-state index contributed by atoms with van der Waals surface area (Å²) in [5.74, 6) is -1.57. The molecular formula is C9H5FN2O3. The van der Waals surface area contributed by atoms with Crippen molar-refractivity contribution in [2.24, 2.45) is 0 Å². The van der Waals surface area contributed by atoms with Crippen LogP contribution in [0, 0.1) is 5.82 Å². The van der Waals surface area contributed by atoms with Gasteiger partial charge in [0, 0.05) is 18.3 Å². The standard InChI is InChI=1S/C9H5FN2O3/c10-5-1-2-11-6(3-5)8-4-7(9(13)14)12-15-8/h1-4H,(H,13,14). The number of nitrogens with zero attached hydrogens (tertiary/aromatic N) is 2. The molecule has 0 bridgehead atoms. The van der Waals surface area contributed by atoms with Crippen LogP contribution in [0.1, 0.15) is 10.5 Å². The van der Waals surface area contributed by atoms with Gasteiger partial charge in [0.25, 0.3) is 0 Å². The number of carboxylic acid groups (broad SMARTS) is 1. The van der Waals surface area contributed by atoms with Gasteiger partial charge in [0.15, 0.2) is 11.5 Å². The fourth-order valence-electron chi connectivity index (χ4n) is 1.04. The third-order valence-corrected chi connectivity index (χ3v) is 1.70. The van der Waals surface area contributed by atoms with E-state index in [-0.39, 0.29) is 17.1 Å². The van der Waals surface area contributed by atoms with E-state index in [0.717, 1.165) is 6.07 Å². The number of pyridine rings is 1. The maximum Gasteiger partial charge on any atom is 0.358 e. The Morgan fingerprint density at radius 1 is 1.47 bits per heavy atom. The highest BCUT2D eigenvalue weighted by atomic mass is 19.1. The molecule has 0 saturated heterocycles. The number of hydrogen-bond acceptors (Lipinski definition) is 4. The zero-order valence-electron chi connectivity index (χ0n) is 7.35. The zero-order chi connectivity index (χ0) is 10.8. The van der Waals surface area contributed by atoms with Crippen LogP contribution < -0.4 is 0 Å². The molecule has 0 amide bonds. The van der Waals surface area contributed by atoms with E-state index in [1.54, 1.807) is 0 Å². The van der Waals surface area contributed by atoms with Crippen molar-refractivity contribution >= 4 is 5.97 Å². The van der Waals surface area contributed by atoms with E-state index in [0.29, 0.717) is 0 Å². The Labute approximate surface area is 83.2 Å². The van der Waals surface area contributed by atoms with E-state index in [1.165, 1.54) is 18.3 Å². The van der Waals surface area contributed by atoms with Crippen LogP contribution in [-0.2, 0) is 0 Å². The van der Waals surface area contributed by atoms with Gasteiger partial charge in [0.05, 0.1) is 0 Å². The second kappa shape index (κ2) is 3.49. The number of aromatic carboxylic acids is 1. The van der Waals surface area contributed by atoms with Gasteiger partial charge in [0.1, 0.15) is 11.5 Å². The first-order valence-electron chi connectivity index (χ1n) is 3.99. The Hall–Kier alpha value is -2.24. The Morgan fingerprint density at radius 3 is 2.87 bits per heavy atom. The average molecular weight is 208 g/mol. The van der Waals surface area contributed by atoms with Crippen molar-refractivity contribution in [2.75, 3.05) is 0 Å². The van der Waals surface area contributed by atoms with E-state index in [9.17, 15) is 9.18 Å². The van der Waals surface area contributed by atoms with Crippen molar-refractivity contribution in [3.05, 3.63) is 35.9 Å². The van der Waals surface area contributed by atoms with Crippen molar-refractivity contribution in [1.29, 1.82) is 0 Å². The van der Waals surface area contributed by atoms with Crippen molar-refractivity contribution < 1.29 is 18.8 Å². The van der Waals surface area contributed by atoms with Crippen molar-refractivity contribution in [1.82, 2.24) is 10.1 Å². The summed E-state index contributed by atoms with van der Waals surface area (Å²) in [6, 6.07) is 3.49. The van der Waals surface area contributed by atoms with Gasteiger partial charge >= 0.3 is 5.97 Å². The molecule has 15 heavy (non-hydrogen) atoms. The highest BCUT2D eigenvalue weighted by Crippen LogP contribution is 2.18. The molecule has 0 aliphatic carbocycles. The molecule has 0 aliphatic rings. The zero-order valence-corrected chi connectivity index (χ0v) is 7.35. The predicted molar refractivity (Wildman–Crippen MR) is 46.7 cm³/mol. The minimum absolute atomic E-state index is 0.118. The number of carboxylic acids is 1. The van der Waals surface area contributed by atoms with Crippen LogP contribution in [0.25, 0.3) is 11.5 Å². The first-order chi connectivity index (χ1) is 7.16. The molecule has 5 nitrogen and oxygen atoms in total. The third-order valence-electron chi connectivity index (χ3n) is 1.70. The van der Waals surface area contributed by atoms with E-state index in [4.69, 9.17) is 9.63 Å². The predicted octanol–water partition coefficient (Wildman–Crippen LogP) is 1.57. The summed E-state index contributed by atoms with van der Waals surface area (Å²) in [6.45, 7) is 0. The molecule has 2 aromatic heterocycles. The molecule has 6 heteroatoms. The molecule has 2 heterocycles. The lowest BCUT2D eigenvalue weighted by atomic mass is 10.2. The summed E-state index contributed by atoms with van der Waals surface area (Å²) in [4.78, 5) is 14.3. The van der Waals surface area contributed by atoms with E-state index >= 15 is 0 Å². The first kappa shape index (κ1) is 9.32. The lowest BCUT2D eigenvalue weighted by Crippen LogP contribution is -1.94. The van der Waals surface area contributed by atoms with Crippen LogP contribution in [0.3, 0.4) is 0 Å². The second-order valence-electron chi connectivity index (χ2n) is 2.74. The molecule has 0 unspecified atom stereocenters. The molecule has 0 spiro atoms. The molecule has 0 atom stereocenters. The quantitative estimate of drug-likeness (QED) is 0.810. The van der Waals surface area contributed by atoms with Gasteiger partial charge in [-0.3, -0.25) is 4.98 Å². The lowest BCUT2D eigenvalue weighted by Gasteiger charge is -1.92. The minimum atomic E-state index is -1.21. The number of rotatable bonds is 2. The van der Waals surface area contributed by atoms with Gasteiger partial charge in [-0.05, 0) is 6.07 Å². The topological polar surface area (TPSA) is 76.2 Å². The van der Waals surface area contributed by atoms with Crippen LogP contribution in [0.5, 0.6) is 0 Å². The van der Waals surface area contributed by atoms with Gasteiger partial charge in [-0.15, -0.1) is 0 Å². The van der Waals surface area contributed by atoms with Gasteiger partial charge in [-0.2, -0.15) is 0 Å². The molecule has 2 rings (SSSR count). The Bertz CT molecular complexity index is 510. The van der Waals surface area contributed by atoms with E-state index in [2.05, 4.69) is 10.1 Å². The molecule has 0 aromatic carbocycles. The number of halogens is 1. The summed E-state index contributed by atoms with van der Waals surface area (Å²) in [5, 5.41) is 11.9. The monoisotopic (exact) mass is 208 g/mol. The highest BCUT2D eigenvalue weighted by Gasteiger charge is 2.13. The van der Waals surface area contributed by atoms with Crippen molar-refractivity contribution in [3.8, 4) is 11.5 Å². The van der Waals surface area contributed by atoms with Gasteiger partial charge in [0.2, 0.25) is 0 Å². The average Bonchev–Trinajstić information content (AvgIpc) is 2.66. The summed E-state index contributed by atoms with van der Waals surface area (Å²) < 4.78 is 17.5. The van der Waals surface area contributed by atoms with Crippen LogP contribution >= 0.6 is 0 Å². The van der Waals surface area contributed by atoms with Crippen LogP contribution in [0.4, 0.5) is 4.39 Å². The Balaban J connectivity index is 2.41. The minimum Gasteiger partial charge on any atom is -0.476 e. The summed E-state index contributed by atoms with van der Waals surface area (Å²) in [6.07, 6.45) is 1.26. The van der Waals surface area contributed by atoms with E-state index < -0.39 is 11.8 Å². The smallest absolute Gasteiger partial charge is 0.358 e. The molecule has 76 valence electrons. The van der Waals surface area contributed by atoms with E-state index in [1.807, 2.05) is 0 Å². The highest BCUT2D eigenvalue weighted by molar-refractivity contribution is 5.86. The molecule has 2 aromatic rings. The van der Waals surface area contributed by atoms with Gasteiger partial charge in [-0.25, -0.2) is 9.18 Å². The third kappa shape index (κ3) is 1.83. The van der Waals surface area contributed by atoms with Gasteiger partial charge < -0.3 is 9.63 Å². The normalized spacial score (nSPS) is 10.2. The summed E-state index contributed by atoms with van der Waals surface area (Å²) in [5.41, 5.74) is -0.0361. The number of hydrogen-bond donors (Lipinski definition) is 1. The maximum atomic E-state index is 12.8. The van der Waals surface area contributed by atoms with Crippen LogP contribution in [0.15, 0.2) is 28.9 Å². The molecule has 0 aliphatic heterocycles. The largest absolute Gasteiger partial charge is 0.476 e.